The van der Waals surface area contributed by atoms with E-state index in [0.717, 1.165) is 17.6 Å². The first kappa shape index (κ1) is 12.4. The Kier molecular flexibility index (Phi) is 2.86. The zero-order valence-electron chi connectivity index (χ0n) is 10.1. The van der Waals surface area contributed by atoms with Crippen LogP contribution < -0.4 is 0 Å². The molecule has 0 unspecified atom stereocenters. The fourth-order valence-corrected chi connectivity index (χ4v) is 3.23. The van der Waals surface area contributed by atoms with E-state index in [4.69, 9.17) is 12.2 Å². The van der Waals surface area contributed by atoms with Gasteiger partial charge in [-0.25, -0.2) is 4.39 Å². The Labute approximate surface area is 118 Å². The first-order valence-electron chi connectivity index (χ1n) is 6.06. The van der Waals surface area contributed by atoms with Crippen molar-refractivity contribution in [3.63, 3.8) is 0 Å². The monoisotopic (exact) mass is 328 g/mol. The molecule has 1 aliphatic rings. The van der Waals surface area contributed by atoms with Crippen LogP contribution >= 0.6 is 28.1 Å². The van der Waals surface area contributed by atoms with Crippen molar-refractivity contribution >= 4 is 39.2 Å². The lowest BCUT2D eigenvalue weighted by Crippen LogP contribution is -2.30. The smallest absolute Gasteiger partial charge is 0.178 e. The number of hydrogen-bond donors (Lipinski definition) is 1. The number of fused-ring (bicyclic) bond motifs is 1. The van der Waals surface area contributed by atoms with Gasteiger partial charge in [0, 0.05) is 12.6 Å². The highest BCUT2D eigenvalue weighted by molar-refractivity contribution is 9.10. The lowest BCUT2D eigenvalue weighted by Gasteiger charge is -2.38. The lowest BCUT2D eigenvalue weighted by atomic mass is 9.70. The molecule has 0 atom stereocenters. The molecule has 0 saturated heterocycles. The number of H-pyrrole nitrogens is 1. The minimum absolute atomic E-state index is 0.263. The molecule has 0 bridgehead atoms. The van der Waals surface area contributed by atoms with Crippen molar-refractivity contribution in [2.75, 3.05) is 0 Å². The summed E-state index contributed by atoms with van der Waals surface area (Å²) in [7, 11) is 0. The van der Waals surface area contributed by atoms with E-state index in [1.54, 1.807) is 6.07 Å². The van der Waals surface area contributed by atoms with Crippen molar-refractivity contribution in [2.45, 2.75) is 32.7 Å². The largest absolute Gasteiger partial charge is 0.330 e. The van der Waals surface area contributed by atoms with Gasteiger partial charge in [0.05, 0.1) is 15.5 Å². The fraction of sp³-hybridized carbons (Fsp3) is 0.462. The van der Waals surface area contributed by atoms with Crippen molar-refractivity contribution in [1.29, 1.82) is 0 Å². The van der Waals surface area contributed by atoms with Crippen LogP contribution in [0.15, 0.2) is 16.6 Å². The molecule has 1 aliphatic carbocycles. The molecule has 0 radical (unpaired) electrons. The number of aromatic nitrogens is 2. The van der Waals surface area contributed by atoms with Gasteiger partial charge < -0.3 is 9.55 Å². The van der Waals surface area contributed by atoms with Gasteiger partial charge >= 0.3 is 0 Å². The van der Waals surface area contributed by atoms with Gasteiger partial charge in [-0.3, -0.25) is 0 Å². The maximum absolute atomic E-state index is 13.5. The second-order valence-corrected chi connectivity index (χ2v) is 6.71. The van der Waals surface area contributed by atoms with E-state index in [-0.39, 0.29) is 5.82 Å². The first-order chi connectivity index (χ1) is 8.48. The van der Waals surface area contributed by atoms with E-state index >= 15 is 0 Å². The van der Waals surface area contributed by atoms with Crippen molar-refractivity contribution < 1.29 is 4.39 Å². The first-order valence-corrected chi connectivity index (χ1v) is 7.26. The molecule has 5 heteroatoms. The number of nitrogens with one attached hydrogen (secondary N) is 1. The van der Waals surface area contributed by atoms with Gasteiger partial charge in [0.25, 0.3) is 0 Å². The molecule has 2 nitrogen and oxygen atoms in total. The number of hydrogen-bond acceptors (Lipinski definition) is 1. The van der Waals surface area contributed by atoms with Gasteiger partial charge in [-0.15, -0.1) is 0 Å². The Bertz CT molecular complexity index is 669. The Balaban J connectivity index is 2.13. The molecular weight excluding hydrogens is 315 g/mol. The molecule has 1 N–H and O–H groups in total. The summed E-state index contributed by atoms with van der Waals surface area (Å²) in [5.74, 6) is -0.263. The molecule has 18 heavy (non-hydrogen) atoms. The highest BCUT2D eigenvalue weighted by Crippen LogP contribution is 2.42. The molecule has 3 rings (SSSR count). The molecule has 1 saturated carbocycles. The number of halogens is 2. The van der Waals surface area contributed by atoms with E-state index in [1.165, 1.54) is 25.3 Å². The summed E-state index contributed by atoms with van der Waals surface area (Å²) in [6.07, 6.45) is 3.78. The molecule has 96 valence electrons. The molecule has 1 aromatic heterocycles. The third-order valence-corrected chi connectivity index (χ3v) is 4.85. The van der Waals surface area contributed by atoms with Gasteiger partial charge in [-0.2, -0.15) is 0 Å². The van der Waals surface area contributed by atoms with Crippen molar-refractivity contribution in [1.82, 2.24) is 9.55 Å². The van der Waals surface area contributed by atoms with E-state index in [9.17, 15) is 4.39 Å². The highest BCUT2D eigenvalue weighted by Gasteiger charge is 2.32. The van der Waals surface area contributed by atoms with E-state index in [1.807, 2.05) is 0 Å². The summed E-state index contributed by atoms with van der Waals surface area (Å²) in [5, 5.41) is 0. The highest BCUT2D eigenvalue weighted by atomic mass is 79.9. The predicted molar refractivity (Wildman–Crippen MR) is 76.7 cm³/mol. The Morgan fingerprint density at radius 2 is 2.22 bits per heavy atom. The van der Waals surface area contributed by atoms with Crippen molar-refractivity contribution in [3.8, 4) is 0 Å². The SMILES string of the molecule is CC1(Cn2c(=S)[nH]c3cc(F)c(Br)cc32)CCC1. The fourth-order valence-electron chi connectivity index (χ4n) is 2.63. The molecule has 0 spiro atoms. The van der Waals surface area contributed by atoms with Crippen LogP contribution in [0.5, 0.6) is 0 Å². The summed E-state index contributed by atoms with van der Waals surface area (Å²) < 4.78 is 16.7. The standard InChI is InChI=1S/C13H14BrFN2S/c1-13(3-2-4-13)7-17-11-5-8(14)9(15)6-10(11)16-12(17)18/h5-6H,2-4,7H2,1H3,(H,16,18). The molecule has 1 fully saturated rings. The average molecular weight is 329 g/mol. The number of nitrogens with zero attached hydrogens (tertiary/aromatic N) is 1. The van der Waals surface area contributed by atoms with Gasteiger partial charge in [0.1, 0.15) is 5.82 Å². The van der Waals surface area contributed by atoms with Crippen LogP contribution in [0.4, 0.5) is 4.39 Å². The summed E-state index contributed by atoms with van der Waals surface area (Å²) in [5.41, 5.74) is 2.08. The number of imidazole rings is 1. The average Bonchev–Trinajstić information content (AvgIpc) is 2.55. The molecule has 0 amide bonds. The Morgan fingerprint density at radius 3 is 2.83 bits per heavy atom. The summed E-state index contributed by atoms with van der Waals surface area (Å²) in [6.45, 7) is 3.19. The molecule has 0 aliphatic heterocycles. The molecule has 1 heterocycles. The number of benzene rings is 1. The maximum atomic E-state index is 13.5. The van der Waals surface area contributed by atoms with Crippen LogP contribution in [0.25, 0.3) is 11.0 Å². The summed E-state index contributed by atoms with van der Waals surface area (Å²) >= 11 is 8.58. The molecular formula is C13H14BrFN2S. The predicted octanol–water partition coefficient (Wildman–Crippen LogP) is 4.79. The molecule has 1 aromatic carbocycles. The Morgan fingerprint density at radius 1 is 1.50 bits per heavy atom. The van der Waals surface area contributed by atoms with E-state index in [2.05, 4.69) is 32.4 Å². The zero-order chi connectivity index (χ0) is 12.9. The van der Waals surface area contributed by atoms with Gasteiger partial charge in [0.15, 0.2) is 4.77 Å². The van der Waals surface area contributed by atoms with Crippen LogP contribution in [0.1, 0.15) is 26.2 Å². The Hall–Kier alpha value is -0.680. The quantitative estimate of drug-likeness (QED) is 0.786. The van der Waals surface area contributed by atoms with Gasteiger partial charge in [-0.1, -0.05) is 13.3 Å². The van der Waals surface area contributed by atoms with E-state index in [0.29, 0.717) is 14.7 Å². The second-order valence-electron chi connectivity index (χ2n) is 5.46. The molecule has 2 aromatic rings. The number of aromatic amines is 1. The topological polar surface area (TPSA) is 20.7 Å². The van der Waals surface area contributed by atoms with Crippen LogP contribution in [0.2, 0.25) is 0 Å². The van der Waals surface area contributed by atoms with Crippen LogP contribution in [0.3, 0.4) is 0 Å². The maximum Gasteiger partial charge on any atom is 0.178 e. The zero-order valence-corrected chi connectivity index (χ0v) is 12.5. The minimum atomic E-state index is -0.263. The number of rotatable bonds is 2. The van der Waals surface area contributed by atoms with Crippen LogP contribution in [-0.4, -0.2) is 9.55 Å². The third-order valence-electron chi connectivity index (χ3n) is 3.92. The summed E-state index contributed by atoms with van der Waals surface area (Å²) in [4.78, 5) is 3.08. The summed E-state index contributed by atoms with van der Waals surface area (Å²) in [6, 6.07) is 3.30. The van der Waals surface area contributed by atoms with Crippen LogP contribution in [0, 0.1) is 16.0 Å². The van der Waals surface area contributed by atoms with Gasteiger partial charge in [0.2, 0.25) is 0 Å². The minimum Gasteiger partial charge on any atom is -0.330 e. The third kappa shape index (κ3) is 1.93. The lowest BCUT2D eigenvalue weighted by molar-refractivity contribution is 0.133. The van der Waals surface area contributed by atoms with E-state index < -0.39 is 0 Å². The van der Waals surface area contributed by atoms with Crippen molar-refractivity contribution in [3.05, 3.63) is 27.2 Å². The van der Waals surface area contributed by atoms with Gasteiger partial charge in [-0.05, 0) is 52.5 Å². The second kappa shape index (κ2) is 4.17. The normalized spacial score (nSPS) is 17.9. The van der Waals surface area contributed by atoms with Crippen molar-refractivity contribution in [2.24, 2.45) is 5.41 Å². The van der Waals surface area contributed by atoms with Crippen LogP contribution in [-0.2, 0) is 6.54 Å².